The summed E-state index contributed by atoms with van der Waals surface area (Å²) in [6.07, 6.45) is 10.4. The Morgan fingerprint density at radius 1 is 1.10 bits per heavy atom. The Bertz CT molecular complexity index is 1290. The van der Waals surface area contributed by atoms with Gasteiger partial charge in [0.2, 0.25) is 5.88 Å². The molecule has 0 radical (unpaired) electrons. The number of nitrogens with one attached hydrogen (secondary N) is 1. The quantitative estimate of drug-likeness (QED) is 0.416. The van der Waals surface area contributed by atoms with Crippen LogP contribution in [0.15, 0.2) is 36.4 Å². The molecule has 42 heavy (non-hydrogen) atoms. The van der Waals surface area contributed by atoms with Crippen LogP contribution >= 0.6 is 0 Å². The van der Waals surface area contributed by atoms with Gasteiger partial charge < -0.3 is 24.6 Å². The number of nitrogens with zero attached hydrogens (tertiary/aromatic N) is 3. The van der Waals surface area contributed by atoms with Gasteiger partial charge in [-0.1, -0.05) is 18.2 Å². The topological polar surface area (TPSA) is 84.0 Å². The van der Waals surface area contributed by atoms with Gasteiger partial charge in [0.25, 0.3) is 5.91 Å². The Balaban J connectivity index is 1.55. The van der Waals surface area contributed by atoms with Crippen molar-refractivity contribution in [3.05, 3.63) is 64.4 Å². The molecule has 8 heteroatoms. The first-order valence-electron chi connectivity index (χ1n) is 15.3. The number of carbonyl (C=O) groups excluding carboxylic acids is 2. The predicted octanol–water partition coefficient (Wildman–Crippen LogP) is 6.38. The van der Waals surface area contributed by atoms with Gasteiger partial charge in [0, 0.05) is 54.7 Å². The number of amides is 2. The maximum absolute atomic E-state index is 13.7. The lowest BCUT2D eigenvalue weighted by Gasteiger charge is -2.41. The van der Waals surface area contributed by atoms with Crippen LogP contribution in [-0.2, 0) is 24.1 Å². The van der Waals surface area contributed by atoms with Gasteiger partial charge in [-0.3, -0.25) is 4.79 Å². The van der Waals surface area contributed by atoms with E-state index in [0.29, 0.717) is 30.5 Å². The molecule has 4 rings (SSSR count). The van der Waals surface area contributed by atoms with Crippen LogP contribution in [0.3, 0.4) is 0 Å². The number of allylic oxidation sites excluding steroid dienone is 2. The van der Waals surface area contributed by atoms with Crippen LogP contribution in [0.1, 0.15) is 92.5 Å². The summed E-state index contributed by atoms with van der Waals surface area (Å²) in [5.74, 6) is 0.485. The molecule has 1 aliphatic heterocycles. The lowest BCUT2D eigenvalue weighted by Crippen LogP contribution is -2.46. The first-order chi connectivity index (χ1) is 20.0. The highest BCUT2D eigenvalue weighted by Crippen LogP contribution is 2.34. The van der Waals surface area contributed by atoms with Crippen molar-refractivity contribution in [3.63, 3.8) is 0 Å². The van der Waals surface area contributed by atoms with E-state index in [1.54, 1.807) is 12.0 Å². The SMILES string of the molecule is CCN(c1cccc2c1CC=CCCc1cc(C)nc(OC)c1CNC2=O)C1CCC(N(C)C(=O)OC(C)(C)C)CC1. The fraction of sp³-hybridized carbons (Fsp3) is 0.559. The summed E-state index contributed by atoms with van der Waals surface area (Å²) in [6, 6.07) is 8.67. The Labute approximate surface area is 251 Å². The molecule has 2 heterocycles. The average Bonchev–Trinajstić information content (AvgIpc) is 2.95. The lowest BCUT2D eigenvalue weighted by atomic mass is 9.88. The third-order valence-corrected chi connectivity index (χ3v) is 8.38. The van der Waals surface area contributed by atoms with Crippen LogP contribution in [-0.4, -0.2) is 60.3 Å². The maximum atomic E-state index is 13.7. The third kappa shape index (κ3) is 7.44. The summed E-state index contributed by atoms with van der Waals surface area (Å²) < 4.78 is 11.2. The van der Waals surface area contributed by atoms with Gasteiger partial charge in [0.1, 0.15) is 5.60 Å². The summed E-state index contributed by atoms with van der Waals surface area (Å²) in [7, 11) is 3.48. The molecule has 1 N–H and O–H groups in total. The number of carbonyl (C=O) groups is 2. The van der Waals surface area contributed by atoms with E-state index in [9.17, 15) is 9.59 Å². The van der Waals surface area contributed by atoms with Crippen LogP contribution in [0.4, 0.5) is 10.5 Å². The number of benzene rings is 1. The molecular formula is C34H48N4O4. The minimum atomic E-state index is -0.506. The van der Waals surface area contributed by atoms with Gasteiger partial charge in [-0.15, -0.1) is 0 Å². The smallest absolute Gasteiger partial charge is 0.410 e. The maximum Gasteiger partial charge on any atom is 0.410 e. The molecule has 0 unspecified atom stereocenters. The molecule has 0 saturated heterocycles. The summed E-state index contributed by atoms with van der Waals surface area (Å²) in [6.45, 7) is 11.1. The summed E-state index contributed by atoms with van der Waals surface area (Å²) >= 11 is 0. The predicted molar refractivity (Wildman–Crippen MR) is 167 cm³/mol. The molecule has 1 saturated carbocycles. The van der Waals surface area contributed by atoms with Crippen LogP contribution in [0.25, 0.3) is 0 Å². The van der Waals surface area contributed by atoms with E-state index >= 15 is 0 Å². The Morgan fingerprint density at radius 3 is 2.48 bits per heavy atom. The average molecular weight is 577 g/mol. The molecule has 8 nitrogen and oxygen atoms in total. The summed E-state index contributed by atoms with van der Waals surface area (Å²) in [4.78, 5) is 35.1. The Kier molecular flexibility index (Phi) is 10.2. The zero-order chi connectivity index (χ0) is 30.4. The van der Waals surface area contributed by atoms with Crippen molar-refractivity contribution in [2.24, 2.45) is 0 Å². The lowest BCUT2D eigenvalue weighted by molar-refractivity contribution is 0.0183. The fourth-order valence-corrected chi connectivity index (χ4v) is 6.28. The van der Waals surface area contributed by atoms with Crippen LogP contribution in [0.5, 0.6) is 5.88 Å². The van der Waals surface area contributed by atoms with E-state index < -0.39 is 5.60 Å². The van der Waals surface area contributed by atoms with Crippen molar-refractivity contribution in [2.45, 2.75) is 104 Å². The molecule has 1 aromatic carbocycles. The number of ether oxygens (including phenoxy) is 2. The second-order valence-corrected chi connectivity index (χ2v) is 12.5. The number of aryl methyl sites for hydroxylation is 2. The molecule has 2 aromatic rings. The number of anilines is 1. The Morgan fingerprint density at radius 2 is 1.81 bits per heavy atom. The standard InChI is InChI=1S/C34H48N4O4/c1-8-38(26-19-17-25(18-20-26)37(6)33(40)42-34(3,4)5)30-16-12-15-28-27(30)14-11-9-10-13-24-21-23(2)36-32(41-7)29(24)22-35-31(28)39/h9,11-12,15-16,21,25-26H,8,10,13-14,17-20,22H2,1-7H3,(H,35,39). The Hall–Kier alpha value is -3.55. The normalized spacial score (nSPS) is 19.4. The first kappa shape index (κ1) is 31.4. The summed E-state index contributed by atoms with van der Waals surface area (Å²) in [5.41, 5.74) is 5.37. The van der Waals surface area contributed by atoms with E-state index in [2.05, 4.69) is 46.4 Å². The number of rotatable bonds is 5. The van der Waals surface area contributed by atoms with Gasteiger partial charge in [0.15, 0.2) is 0 Å². The zero-order valence-corrected chi connectivity index (χ0v) is 26.5. The van der Waals surface area contributed by atoms with E-state index in [1.165, 1.54) is 0 Å². The van der Waals surface area contributed by atoms with Crippen molar-refractivity contribution < 1.29 is 19.1 Å². The van der Waals surface area contributed by atoms with E-state index in [0.717, 1.165) is 73.1 Å². The van der Waals surface area contributed by atoms with Gasteiger partial charge >= 0.3 is 6.09 Å². The number of fused-ring (bicyclic) bond motifs is 2. The molecule has 0 spiro atoms. The van der Waals surface area contributed by atoms with Crippen molar-refractivity contribution in [3.8, 4) is 5.88 Å². The van der Waals surface area contributed by atoms with Crippen molar-refractivity contribution in [2.75, 3.05) is 25.6 Å². The molecule has 1 aliphatic carbocycles. The second-order valence-electron chi connectivity index (χ2n) is 12.5. The molecule has 228 valence electrons. The van der Waals surface area contributed by atoms with Crippen molar-refractivity contribution in [1.82, 2.24) is 15.2 Å². The molecule has 2 amide bonds. The van der Waals surface area contributed by atoms with Gasteiger partial charge in [-0.25, -0.2) is 9.78 Å². The molecule has 0 atom stereocenters. The molecular weight excluding hydrogens is 528 g/mol. The molecule has 2 aliphatic rings. The highest BCUT2D eigenvalue weighted by molar-refractivity contribution is 5.97. The first-order valence-corrected chi connectivity index (χ1v) is 15.3. The van der Waals surface area contributed by atoms with Crippen molar-refractivity contribution in [1.29, 1.82) is 0 Å². The molecule has 1 aromatic heterocycles. The van der Waals surface area contributed by atoms with Crippen LogP contribution < -0.4 is 15.0 Å². The minimum absolute atomic E-state index is 0.0897. The largest absolute Gasteiger partial charge is 0.481 e. The molecule has 1 fully saturated rings. The van der Waals surface area contributed by atoms with Gasteiger partial charge in [0.05, 0.1) is 7.11 Å². The monoisotopic (exact) mass is 576 g/mol. The number of methoxy groups -OCH3 is 1. The summed E-state index contributed by atoms with van der Waals surface area (Å²) in [5, 5.41) is 3.16. The van der Waals surface area contributed by atoms with Gasteiger partial charge in [-0.2, -0.15) is 0 Å². The third-order valence-electron chi connectivity index (χ3n) is 8.38. The highest BCUT2D eigenvalue weighted by Gasteiger charge is 2.32. The number of aromatic nitrogens is 1. The highest BCUT2D eigenvalue weighted by atomic mass is 16.6. The van der Waals surface area contributed by atoms with Crippen LogP contribution in [0, 0.1) is 6.92 Å². The van der Waals surface area contributed by atoms with Crippen molar-refractivity contribution >= 4 is 17.7 Å². The van der Waals surface area contributed by atoms with E-state index in [-0.39, 0.29) is 18.0 Å². The number of hydrogen-bond donors (Lipinski definition) is 1. The van der Waals surface area contributed by atoms with Gasteiger partial charge in [-0.05, 0) is 109 Å². The van der Waals surface area contributed by atoms with Crippen LogP contribution in [0.2, 0.25) is 0 Å². The minimum Gasteiger partial charge on any atom is -0.481 e. The fourth-order valence-electron chi connectivity index (χ4n) is 6.28. The number of pyridine rings is 1. The second kappa shape index (κ2) is 13.6. The van der Waals surface area contributed by atoms with E-state index in [1.807, 2.05) is 46.9 Å². The number of hydrogen-bond acceptors (Lipinski definition) is 6. The molecule has 0 bridgehead atoms. The zero-order valence-electron chi connectivity index (χ0n) is 26.5. The van der Waals surface area contributed by atoms with E-state index in [4.69, 9.17) is 9.47 Å².